The molecule has 2 nitrogen and oxygen atoms in total. The van der Waals surface area contributed by atoms with Crippen molar-refractivity contribution in [2.45, 2.75) is 23.5 Å². The second-order valence-electron chi connectivity index (χ2n) is 2.72. The van der Waals surface area contributed by atoms with Gasteiger partial charge in [0, 0.05) is 9.65 Å². The van der Waals surface area contributed by atoms with Gasteiger partial charge >= 0.3 is 0 Å². The minimum atomic E-state index is -0.0924. The van der Waals surface area contributed by atoms with Crippen molar-refractivity contribution < 1.29 is 0 Å². The molecule has 0 amide bonds. The minimum Gasteiger partial charge on any atom is -0.198 e. The van der Waals surface area contributed by atoms with Crippen LogP contribution < -0.4 is 0 Å². The second-order valence-corrected chi connectivity index (χ2v) is 4.84. The van der Waals surface area contributed by atoms with Crippen LogP contribution in [0.15, 0.2) is 0 Å². The zero-order valence-corrected chi connectivity index (χ0v) is 10.1. The third kappa shape index (κ3) is 3.13. The molecule has 66 valence electrons. The maximum atomic E-state index is 8.62. The first-order valence-electron chi connectivity index (χ1n) is 3.62. The number of halogens is 2. The molecule has 0 bridgehead atoms. The molecule has 0 aromatic rings. The number of nitriles is 2. The molecule has 0 aromatic carbocycles. The highest BCUT2D eigenvalue weighted by molar-refractivity contribution is 9.12. The van der Waals surface area contributed by atoms with E-state index in [-0.39, 0.29) is 21.5 Å². The smallest absolute Gasteiger partial charge is 0.0665 e. The zero-order valence-electron chi connectivity index (χ0n) is 6.96. The Kier molecular flexibility index (Phi) is 5.53. The highest BCUT2D eigenvalue weighted by Crippen LogP contribution is 2.27. The maximum absolute atomic E-state index is 8.62. The molecule has 0 rings (SSSR count). The number of nitrogens with zero attached hydrogens (tertiary/aromatic N) is 2. The fraction of sp³-hybridized carbons (Fsp3) is 0.750. The lowest BCUT2D eigenvalue weighted by Crippen LogP contribution is -2.26. The van der Waals surface area contributed by atoms with Gasteiger partial charge in [0.15, 0.2) is 0 Å². The van der Waals surface area contributed by atoms with Crippen molar-refractivity contribution in [2.75, 3.05) is 0 Å². The molecule has 0 unspecified atom stereocenters. The Labute approximate surface area is 89.8 Å². The highest BCUT2D eigenvalue weighted by atomic mass is 79.9. The molecule has 0 N–H and O–H groups in total. The second kappa shape index (κ2) is 5.56. The zero-order chi connectivity index (χ0) is 9.72. The molecular weight excluding hydrogens is 284 g/mol. The summed E-state index contributed by atoms with van der Waals surface area (Å²) in [5.41, 5.74) is 0. The summed E-state index contributed by atoms with van der Waals surface area (Å²) in [7, 11) is 0. The van der Waals surface area contributed by atoms with Crippen LogP contribution in [-0.2, 0) is 0 Å². The van der Waals surface area contributed by atoms with Gasteiger partial charge in [-0.3, -0.25) is 0 Å². The van der Waals surface area contributed by atoms with Crippen molar-refractivity contribution in [3.05, 3.63) is 0 Å². The van der Waals surface area contributed by atoms with Crippen LogP contribution in [0.1, 0.15) is 13.8 Å². The van der Waals surface area contributed by atoms with E-state index in [1.54, 1.807) is 0 Å². The predicted octanol–water partition coefficient (Wildman–Crippen LogP) is 2.83. The lowest BCUT2D eigenvalue weighted by Gasteiger charge is -2.19. The largest absolute Gasteiger partial charge is 0.198 e. The van der Waals surface area contributed by atoms with E-state index < -0.39 is 0 Å². The van der Waals surface area contributed by atoms with E-state index in [1.807, 2.05) is 13.8 Å². The Morgan fingerprint density at radius 2 is 1.17 bits per heavy atom. The first-order chi connectivity index (χ1) is 5.54. The minimum absolute atomic E-state index is 0.0251. The van der Waals surface area contributed by atoms with Crippen LogP contribution in [0.2, 0.25) is 0 Å². The molecule has 0 aliphatic heterocycles. The van der Waals surface area contributed by atoms with Crippen LogP contribution in [0.5, 0.6) is 0 Å². The number of hydrogen-bond donors (Lipinski definition) is 0. The quantitative estimate of drug-likeness (QED) is 0.751. The fourth-order valence-electron chi connectivity index (χ4n) is 0.694. The van der Waals surface area contributed by atoms with Crippen LogP contribution in [0, 0.1) is 34.5 Å². The van der Waals surface area contributed by atoms with Gasteiger partial charge in [-0.05, 0) is 13.8 Å². The van der Waals surface area contributed by atoms with Gasteiger partial charge in [-0.1, -0.05) is 31.9 Å². The molecule has 0 spiro atoms. The average molecular weight is 294 g/mol. The summed E-state index contributed by atoms with van der Waals surface area (Å²) in [5.74, 6) is -0.185. The Morgan fingerprint density at radius 1 is 0.917 bits per heavy atom. The van der Waals surface area contributed by atoms with Crippen molar-refractivity contribution in [2.24, 2.45) is 11.8 Å². The lowest BCUT2D eigenvalue weighted by molar-refractivity contribution is 0.594. The van der Waals surface area contributed by atoms with E-state index >= 15 is 0 Å². The highest BCUT2D eigenvalue weighted by Gasteiger charge is 2.26. The van der Waals surface area contributed by atoms with E-state index in [0.29, 0.717) is 0 Å². The van der Waals surface area contributed by atoms with Gasteiger partial charge < -0.3 is 0 Å². The standard InChI is InChI=1S/C8H10Br2N2/c1-5(3-11)7(9)8(10)6(2)4-12/h5-8H,1-2H3/t5-,6-,7+,8+/m0/s1. The van der Waals surface area contributed by atoms with Crippen LogP contribution in [0.25, 0.3) is 0 Å². The normalized spacial score (nSPS) is 19.8. The summed E-state index contributed by atoms with van der Waals surface area (Å²) in [6.07, 6.45) is 0. The van der Waals surface area contributed by atoms with E-state index in [2.05, 4.69) is 44.0 Å². The molecule has 4 atom stereocenters. The first-order valence-corrected chi connectivity index (χ1v) is 5.45. The van der Waals surface area contributed by atoms with Crippen LogP contribution >= 0.6 is 31.9 Å². The van der Waals surface area contributed by atoms with E-state index in [9.17, 15) is 0 Å². The average Bonchev–Trinajstić information content (AvgIpc) is 2.12. The van der Waals surface area contributed by atoms with E-state index in [1.165, 1.54) is 0 Å². The number of alkyl halides is 2. The number of hydrogen-bond acceptors (Lipinski definition) is 2. The van der Waals surface area contributed by atoms with Gasteiger partial charge in [-0.15, -0.1) is 0 Å². The van der Waals surface area contributed by atoms with Gasteiger partial charge in [0.2, 0.25) is 0 Å². The van der Waals surface area contributed by atoms with Gasteiger partial charge in [0.05, 0.1) is 24.0 Å². The van der Waals surface area contributed by atoms with Gasteiger partial charge in [0.1, 0.15) is 0 Å². The lowest BCUT2D eigenvalue weighted by atomic mass is 10.00. The van der Waals surface area contributed by atoms with Gasteiger partial charge in [0.25, 0.3) is 0 Å². The summed E-state index contributed by atoms with van der Waals surface area (Å²) in [4.78, 5) is 0.0503. The van der Waals surface area contributed by atoms with Crippen LogP contribution in [0.4, 0.5) is 0 Å². The Morgan fingerprint density at radius 3 is 1.33 bits per heavy atom. The molecule has 0 radical (unpaired) electrons. The fourth-order valence-corrected chi connectivity index (χ4v) is 1.85. The van der Waals surface area contributed by atoms with Crippen molar-refractivity contribution in [1.82, 2.24) is 0 Å². The Bertz CT molecular complexity index is 192. The molecule has 0 aliphatic carbocycles. The van der Waals surface area contributed by atoms with Crippen LogP contribution in [0.3, 0.4) is 0 Å². The molecule has 0 heterocycles. The van der Waals surface area contributed by atoms with Crippen molar-refractivity contribution in [1.29, 1.82) is 10.5 Å². The third-order valence-corrected chi connectivity index (χ3v) is 5.10. The van der Waals surface area contributed by atoms with E-state index in [4.69, 9.17) is 10.5 Å². The first kappa shape index (κ1) is 11.9. The van der Waals surface area contributed by atoms with Gasteiger partial charge in [-0.25, -0.2) is 0 Å². The van der Waals surface area contributed by atoms with E-state index in [0.717, 1.165) is 0 Å². The Hall–Kier alpha value is -0.0600. The monoisotopic (exact) mass is 292 g/mol. The van der Waals surface area contributed by atoms with Crippen molar-refractivity contribution >= 4 is 31.9 Å². The maximum Gasteiger partial charge on any atom is 0.0665 e. The summed E-state index contributed by atoms with van der Waals surface area (Å²) >= 11 is 6.78. The molecule has 0 aromatic heterocycles. The molecule has 0 saturated carbocycles. The SMILES string of the molecule is C[C@@H](C#N)[C@@H](Br)[C@H](Br)[C@@H](C)C#N. The Balaban J connectivity index is 4.22. The summed E-state index contributed by atoms with van der Waals surface area (Å²) < 4.78 is 0. The van der Waals surface area contributed by atoms with Crippen molar-refractivity contribution in [3.8, 4) is 12.1 Å². The third-order valence-electron chi connectivity index (χ3n) is 1.67. The topological polar surface area (TPSA) is 47.6 Å². The summed E-state index contributed by atoms with van der Waals surface area (Å²) in [6, 6.07) is 4.28. The molecule has 0 fully saturated rings. The van der Waals surface area contributed by atoms with Crippen LogP contribution in [-0.4, -0.2) is 9.65 Å². The molecule has 0 aliphatic rings. The van der Waals surface area contributed by atoms with Crippen molar-refractivity contribution in [3.63, 3.8) is 0 Å². The number of rotatable bonds is 3. The molecule has 12 heavy (non-hydrogen) atoms. The predicted molar refractivity (Wildman–Crippen MR) is 55.0 cm³/mol. The summed E-state index contributed by atoms with van der Waals surface area (Å²) in [6.45, 7) is 3.66. The molecular formula is C8H10Br2N2. The molecule has 0 saturated heterocycles. The molecule has 4 heteroatoms. The summed E-state index contributed by atoms with van der Waals surface area (Å²) in [5, 5.41) is 17.2. The van der Waals surface area contributed by atoms with Gasteiger partial charge in [-0.2, -0.15) is 10.5 Å².